The molecule has 0 amide bonds. The van der Waals surface area contributed by atoms with Gasteiger partial charge in [-0.1, -0.05) is 23.7 Å². The van der Waals surface area contributed by atoms with Gasteiger partial charge < -0.3 is 17.7 Å². The van der Waals surface area contributed by atoms with Crippen LogP contribution in [-0.2, 0) is 0 Å². The smallest absolute Gasteiger partial charge is 0.445 e. The summed E-state index contributed by atoms with van der Waals surface area (Å²) in [5, 5.41) is 0. The molecule has 0 atom stereocenters. The van der Waals surface area contributed by atoms with Crippen molar-refractivity contribution in [2.75, 3.05) is 0 Å². The van der Waals surface area contributed by atoms with E-state index in [1.54, 1.807) is 0 Å². The molecule has 0 aliphatic rings. The molecule has 0 aliphatic carbocycles. The Hall–Kier alpha value is -1.34. The average Bonchev–Trinajstić information content (AvgIpc) is 1.99. The largest absolute Gasteiger partial charge is 0.572 e. The van der Waals surface area contributed by atoms with Gasteiger partial charge in [0.1, 0.15) is 5.75 Å². The molecule has 8 heteroatoms. The third-order valence-electron chi connectivity index (χ3n) is 1.50. The quantitative estimate of drug-likeness (QED) is 0.559. The summed E-state index contributed by atoms with van der Waals surface area (Å²) >= 11 is 0. The summed E-state index contributed by atoms with van der Waals surface area (Å²) in [5.74, 6) is -1.22. The van der Waals surface area contributed by atoms with Crippen LogP contribution in [0.25, 0.3) is 0 Å². The maximum atomic E-state index is 12.2. The molecule has 0 heterocycles. The molecule has 0 aliphatic heterocycles. The van der Waals surface area contributed by atoms with Crippen molar-refractivity contribution in [1.82, 2.24) is 0 Å². The maximum Gasteiger partial charge on any atom is 0.572 e. The predicted octanol–water partition coefficient (Wildman–Crippen LogP) is 2.64. The Bertz CT molecular complexity index is 344. The lowest BCUT2D eigenvalue weighted by Crippen LogP contribution is -2.36. The minimum Gasteiger partial charge on any atom is -0.445 e. The van der Waals surface area contributed by atoms with E-state index in [0.717, 1.165) is 12.1 Å². The lowest BCUT2D eigenvalue weighted by molar-refractivity contribution is -0.274. The van der Waals surface area contributed by atoms with E-state index in [1.165, 1.54) is 0 Å². The van der Waals surface area contributed by atoms with E-state index in [2.05, 4.69) is 4.74 Å². The standard InChI is InChI=1S/C7H4BF6O/c9-7(10,11)15-6-4-2-1-3-5(6)8(12,13)14/h1-4H/q-1. The van der Waals surface area contributed by atoms with Gasteiger partial charge in [0.15, 0.2) is 0 Å². The second kappa shape index (κ2) is 3.67. The highest BCUT2D eigenvalue weighted by molar-refractivity contribution is 6.74. The number of benzene rings is 1. The van der Waals surface area contributed by atoms with Gasteiger partial charge in [0.25, 0.3) is 0 Å². The number of hydrogen-bond acceptors (Lipinski definition) is 1. The molecule has 0 radical (unpaired) electrons. The van der Waals surface area contributed by atoms with E-state index in [1.807, 2.05) is 0 Å². The molecule has 0 aromatic heterocycles. The van der Waals surface area contributed by atoms with Crippen molar-refractivity contribution in [2.45, 2.75) is 6.36 Å². The van der Waals surface area contributed by atoms with E-state index in [0.29, 0.717) is 12.1 Å². The maximum absolute atomic E-state index is 12.2. The second-order valence-corrected chi connectivity index (χ2v) is 2.66. The average molecular weight is 229 g/mol. The Balaban J connectivity index is 3.08. The van der Waals surface area contributed by atoms with Crippen LogP contribution in [0.4, 0.5) is 26.1 Å². The summed E-state index contributed by atoms with van der Waals surface area (Å²) in [7, 11) is 0. The molecule has 1 aromatic carbocycles. The number of hydrogen-bond donors (Lipinski definition) is 0. The zero-order chi connectivity index (χ0) is 11.7. The third-order valence-corrected chi connectivity index (χ3v) is 1.50. The van der Waals surface area contributed by atoms with Crippen LogP contribution in [0.15, 0.2) is 24.3 Å². The molecule has 0 N–H and O–H groups in total. The van der Waals surface area contributed by atoms with Crippen molar-refractivity contribution in [1.29, 1.82) is 0 Å². The second-order valence-electron chi connectivity index (χ2n) is 2.66. The summed E-state index contributed by atoms with van der Waals surface area (Å²) in [5.41, 5.74) is -1.39. The first-order chi connectivity index (χ1) is 6.70. The fourth-order valence-corrected chi connectivity index (χ4v) is 0.969. The van der Waals surface area contributed by atoms with Crippen molar-refractivity contribution in [2.24, 2.45) is 0 Å². The summed E-state index contributed by atoms with van der Waals surface area (Å²) in [6.45, 7) is -5.52. The van der Waals surface area contributed by atoms with E-state index >= 15 is 0 Å². The Kier molecular flexibility index (Phi) is 2.87. The first-order valence-corrected chi connectivity index (χ1v) is 3.75. The minimum absolute atomic E-state index is 0.543. The molecular formula is C7H4BF6O-. The zero-order valence-corrected chi connectivity index (χ0v) is 7.06. The Morgan fingerprint density at radius 1 is 1.00 bits per heavy atom. The summed E-state index contributed by atoms with van der Waals surface area (Å²) in [6.07, 6.45) is -5.13. The normalized spacial score (nSPS) is 12.7. The SMILES string of the molecule is F[B-](F)(F)c1ccccc1OC(F)(F)F. The van der Waals surface area contributed by atoms with E-state index in [4.69, 9.17) is 0 Å². The first-order valence-electron chi connectivity index (χ1n) is 3.75. The van der Waals surface area contributed by atoms with Crippen molar-refractivity contribution >= 4 is 12.4 Å². The van der Waals surface area contributed by atoms with Gasteiger partial charge in [-0.15, -0.1) is 13.2 Å². The van der Waals surface area contributed by atoms with E-state index < -0.39 is 24.6 Å². The van der Waals surface area contributed by atoms with Crippen LogP contribution in [0.1, 0.15) is 0 Å². The van der Waals surface area contributed by atoms with Crippen LogP contribution in [0.2, 0.25) is 0 Å². The molecule has 0 bridgehead atoms. The van der Waals surface area contributed by atoms with Crippen LogP contribution < -0.4 is 10.2 Å². The monoisotopic (exact) mass is 229 g/mol. The van der Waals surface area contributed by atoms with Gasteiger partial charge in [0.05, 0.1) is 0 Å². The summed E-state index contributed by atoms with van der Waals surface area (Å²) < 4.78 is 75.2. The first kappa shape index (κ1) is 11.7. The Morgan fingerprint density at radius 3 is 2.00 bits per heavy atom. The van der Waals surface area contributed by atoms with Crippen LogP contribution in [0.3, 0.4) is 0 Å². The molecule has 0 saturated carbocycles. The van der Waals surface area contributed by atoms with Crippen LogP contribution in [0.5, 0.6) is 5.75 Å². The number of halogens is 6. The molecule has 0 spiro atoms. The van der Waals surface area contributed by atoms with E-state index in [9.17, 15) is 26.1 Å². The fraction of sp³-hybridized carbons (Fsp3) is 0.143. The molecule has 1 nitrogen and oxygen atoms in total. The number of para-hydroxylation sites is 1. The van der Waals surface area contributed by atoms with Crippen molar-refractivity contribution in [3.05, 3.63) is 24.3 Å². The fourth-order valence-electron chi connectivity index (χ4n) is 0.969. The molecule has 0 saturated heterocycles. The van der Waals surface area contributed by atoms with Gasteiger partial charge in [-0.05, 0) is 6.07 Å². The van der Waals surface area contributed by atoms with Crippen molar-refractivity contribution in [3.63, 3.8) is 0 Å². The highest BCUT2D eigenvalue weighted by Crippen LogP contribution is 2.24. The number of rotatable bonds is 2. The van der Waals surface area contributed by atoms with Gasteiger partial charge in [0.2, 0.25) is 0 Å². The lowest BCUT2D eigenvalue weighted by Gasteiger charge is -2.20. The highest BCUT2D eigenvalue weighted by atomic mass is 19.4. The van der Waals surface area contributed by atoms with Gasteiger partial charge in [0, 0.05) is 0 Å². The van der Waals surface area contributed by atoms with Gasteiger partial charge in [-0.3, -0.25) is 0 Å². The Morgan fingerprint density at radius 2 is 1.53 bits per heavy atom. The molecule has 15 heavy (non-hydrogen) atoms. The van der Waals surface area contributed by atoms with Gasteiger partial charge in [-0.2, -0.15) is 0 Å². The predicted molar refractivity (Wildman–Crippen MR) is 41.8 cm³/mol. The van der Waals surface area contributed by atoms with Gasteiger partial charge >= 0.3 is 13.3 Å². The molecule has 84 valence electrons. The van der Waals surface area contributed by atoms with E-state index in [-0.39, 0.29) is 0 Å². The topological polar surface area (TPSA) is 9.23 Å². The molecular weight excluding hydrogens is 225 g/mol. The van der Waals surface area contributed by atoms with Crippen molar-refractivity contribution < 1.29 is 30.9 Å². The van der Waals surface area contributed by atoms with Crippen LogP contribution in [-0.4, -0.2) is 13.3 Å². The molecule has 0 fully saturated rings. The zero-order valence-electron chi connectivity index (χ0n) is 7.06. The molecule has 0 unspecified atom stereocenters. The lowest BCUT2D eigenvalue weighted by atomic mass is 9.79. The van der Waals surface area contributed by atoms with Crippen LogP contribution >= 0.6 is 0 Å². The number of alkyl halides is 3. The van der Waals surface area contributed by atoms with Crippen molar-refractivity contribution in [3.8, 4) is 5.75 Å². The molecule has 1 rings (SSSR count). The van der Waals surface area contributed by atoms with Crippen LogP contribution in [0, 0.1) is 0 Å². The highest BCUT2D eigenvalue weighted by Gasteiger charge is 2.35. The molecule has 1 aromatic rings. The Labute approximate surface area is 80.7 Å². The minimum atomic E-state index is -5.52. The third kappa shape index (κ3) is 3.37. The van der Waals surface area contributed by atoms with Gasteiger partial charge in [-0.25, -0.2) is 0 Å². The summed E-state index contributed by atoms with van der Waals surface area (Å²) in [6, 6.07) is 3.19. The number of ether oxygens (including phenoxy) is 1. The summed E-state index contributed by atoms with van der Waals surface area (Å²) in [4.78, 5) is 0.